The van der Waals surface area contributed by atoms with Crippen molar-refractivity contribution in [2.45, 2.75) is 77.0 Å². The highest BCUT2D eigenvalue weighted by molar-refractivity contribution is 6.10. The molecule has 0 aliphatic carbocycles. The van der Waals surface area contributed by atoms with Crippen molar-refractivity contribution in [1.29, 1.82) is 0 Å². The minimum atomic E-state index is -0.650. The number of fused-ring (bicyclic) bond motifs is 3. The number of benzene rings is 1. The molecule has 3 aliphatic heterocycles. The molecule has 31 heavy (non-hydrogen) atoms. The van der Waals surface area contributed by atoms with Crippen LogP contribution >= 0.6 is 0 Å². The molecule has 7 nitrogen and oxygen atoms in total. The van der Waals surface area contributed by atoms with Gasteiger partial charge in [-0.1, -0.05) is 12.1 Å². The second-order valence-corrected chi connectivity index (χ2v) is 9.50. The Labute approximate surface area is 184 Å². The summed E-state index contributed by atoms with van der Waals surface area (Å²) in [6, 6.07) is 8.12. The molecule has 0 aromatic heterocycles. The largest absolute Gasteiger partial charge is 0.353 e. The lowest BCUT2D eigenvalue weighted by molar-refractivity contribution is -0.122. The van der Waals surface area contributed by atoms with Crippen LogP contribution in [0.4, 0.5) is 5.69 Å². The Morgan fingerprint density at radius 3 is 2.61 bits per heavy atom. The average molecular weight is 427 g/mol. The minimum Gasteiger partial charge on any atom is -0.353 e. The highest BCUT2D eigenvalue weighted by atomic mass is 16.2. The highest BCUT2D eigenvalue weighted by Crippen LogP contribution is 2.44. The molecule has 1 aromatic rings. The van der Waals surface area contributed by atoms with E-state index >= 15 is 0 Å². The van der Waals surface area contributed by atoms with E-state index in [1.165, 1.54) is 0 Å². The molecule has 1 N–H and O–H groups in total. The molecular weight excluding hydrogens is 392 g/mol. The first-order valence-corrected chi connectivity index (χ1v) is 11.6. The van der Waals surface area contributed by atoms with Gasteiger partial charge in [-0.25, -0.2) is 0 Å². The zero-order valence-corrected chi connectivity index (χ0v) is 18.9. The first-order chi connectivity index (χ1) is 14.8. The fraction of sp³-hybridized carbons (Fsp3) is 0.625. The molecule has 0 saturated carbocycles. The van der Waals surface area contributed by atoms with Gasteiger partial charge in [-0.15, -0.1) is 0 Å². The summed E-state index contributed by atoms with van der Waals surface area (Å²) >= 11 is 0. The normalized spacial score (nSPS) is 24.5. The minimum absolute atomic E-state index is 0.0504. The number of carbonyl (C=O) groups is 3. The van der Waals surface area contributed by atoms with E-state index in [4.69, 9.17) is 0 Å². The van der Waals surface area contributed by atoms with E-state index in [-0.39, 0.29) is 23.8 Å². The van der Waals surface area contributed by atoms with Gasteiger partial charge in [0.1, 0.15) is 5.66 Å². The predicted molar refractivity (Wildman–Crippen MR) is 120 cm³/mol. The molecular formula is C24H34N4O3. The molecule has 2 saturated heterocycles. The first kappa shape index (κ1) is 21.8. The van der Waals surface area contributed by atoms with E-state index in [9.17, 15) is 14.4 Å². The van der Waals surface area contributed by atoms with Crippen LogP contribution in [0.2, 0.25) is 0 Å². The summed E-state index contributed by atoms with van der Waals surface area (Å²) < 4.78 is 0. The van der Waals surface area contributed by atoms with Crippen molar-refractivity contribution in [2.24, 2.45) is 0 Å². The SMILES string of the molecule is CC(C)N1CCC(NC(=O)CCCN2C(=O)c3ccccc3N3C(=O)CCC23C)CC1. The number of nitrogens with zero attached hydrogens (tertiary/aromatic N) is 3. The lowest BCUT2D eigenvalue weighted by Crippen LogP contribution is -2.62. The molecule has 1 aromatic carbocycles. The third-order valence-electron chi connectivity index (χ3n) is 7.16. The third kappa shape index (κ3) is 4.07. The van der Waals surface area contributed by atoms with Gasteiger partial charge in [0, 0.05) is 44.6 Å². The molecule has 3 aliphatic rings. The Morgan fingerprint density at radius 1 is 1.19 bits per heavy atom. The number of hydrogen-bond donors (Lipinski definition) is 1. The lowest BCUT2D eigenvalue weighted by atomic mass is 9.97. The Hall–Kier alpha value is -2.41. The highest BCUT2D eigenvalue weighted by Gasteiger charge is 2.52. The molecule has 0 spiro atoms. The number of nitrogens with one attached hydrogen (secondary N) is 1. The number of amides is 3. The summed E-state index contributed by atoms with van der Waals surface area (Å²) in [7, 11) is 0. The van der Waals surface area contributed by atoms with E-state index < -0.39 is 5.66 Å². The van der Waals surface area contributed by atoms with Gasteiger partial charge < -0.3 is 15.1 Å². The van der Waals surface area contributed by atoms with Gasteiger partial charge in [0.15, 0.2) is 0 Å². The molecule has 0 radical (unpaired) electrons. The zero-order chi connectivity index (χ0) is 22.2. The summed E-state index contributed by atoms with van der Waals surface area (Å²) in [5.74, 6) is 0.0563. The summed E-state index contributed by atoms with van der Waals surface area (Å²) in [5.41, 5.74) is 0.624. The smallest absolute Gasteiger partial charge is 0.257 e. The van der Waals surface area contributed by atoms with Crippen molar-refractivity contribution in [2.75, 3.05) is 24.5 Å². The van der Waals surface area contributed by atoms with Gasteiger partial charge in [-0.3, -0.25) is 19.3 Å². The van der Waals surface area contributed by atoms with Crippen molar-refractivity contribution in [3.63, 3.8) is 0 Å². The molecule has 0 bridgehead atoms. The van der Waals surface area contributed by atoms with Crippen LogP contribution in [0, 0.1) is 0 Å². The van der Waals surface area contributed by atoms with Crippen molar-refractivity contribution >= 4 is 23.4 Å². The fourth-order valence-corrected chi connectivity index (χ4v) is 5.30. The van der Waals surface area contributed by atoms with Gasteiger partial charge in [0.2, 0.25) is 11.8 Å². The quantitative estimate of drug-likeness (QED) is 0.759. The maximum absolute atomic E-state index is 13.2. The third-order valence-corrected chi connectivity index (χ3v) is 7.16. The summed E-state index contributed by atoms with van der Waals surface area (Å²) in [4.78, 5) is 44.4. The number of rotatable bonds is 6. The second-order valence-electron chi connectivity index (χ2n) is 9.50. The van der Waals surface area contributed by atoms with Crippen LogP contribution < -0.4 is 10.2 Å². The van der Waals surface area contributed by atoms with Crippen LogP contribution in [0.25, 0.3) is 0 Å². The van der Waals surface area contributed by atoms with Gasteiger partial charge in [0.25, 0.3) is 5.91 Å². The maximum Gasteiger partial charge on any atom is 0.257 e. The van der Waals surface area contributed by atoms with Gasteiger partial charge >= 0.3 is 0 Å². The average Bonchev–Trinajstić information content (AvgIpc) is 3.06. The molecule has 4 rings (SSSR count). The van der Waals surface area contributed by atoms with E-state index in [1.807, 2.05) is 25.1 Å². The van der Waals surface area contributed by atoms with Gasteiger partial charge in [0.05, 0.1) is 11.3 Å². The number of piperidine rings is 1. The summed E-state index contributed by atoms with van der Waals surface area (Å²) in [5, 5.41) is 3.17. The van der Waals surface area contributed by atoms with Gasteiger partial charge in [-0.2, -0.15) is 0 Å². The number of anilines is 1. The van der Waals surface area contributed by atoms with Crippen LogP contribution in [0.15, 0.2) is 24.3 Å². The number of hydrogen-bond acceptors (Lipinski definition) is 4. The first-order valence-electron chi connectivity index (χ1n) is 11.6. The van der Waals surface area contributed by atoms with Crippen LogP contribution in [0.5, 0.6) is 0 Å². The van der Waals surface area contributed by atoms with Crippen molar-refractivity contribution in [1.82, 2.24) is 15.1 Å². The van der Waals surface area contributed by atoms with Crippen molar-refractivity contribution in [3.8, 4) is 0 Å². The predicted octanol–water partition coefficient (Wildman–Crippen LogP) is 2.75. The summed E-state index contributed by atoms with van der Waals surface area (Å²) in [6.45, 7) is 8.89. The molecule has 1 unspecified atom stereocenters. The lowest BCUT2D eigenvalue weighted by Gasteiger charge is -2.48. The second kappa shape index (κ2) is 8.61. The van der Waals surface area contributed by atoms with Crippen molar-refractivity contribution in [3.05, 3.63) is 29.8 Å². The number of likely N-dealkylation sites (tertiary alicyclic amines) is 1. The Balaban J connectivity index is 1.35. The molecule has 1 atom stereocenters. The van der Waals surface area contributed by atoms with E-state index in [0.717, 1.165) is 25.9 Å². The van der Waals surface area contributed by atoms with Gasteiger partial charge in [-0.05, 0) is 58.6 Å². The molecule has 7 heteroatoms. The van der Waals surface area contributed by atoms with E-state index in [0.29, 0.717) is 49.5 Å². The van der Waals surface area contributed by atoms with Crippen LogP contribution in [0.3, 0.4) is 0 Å². The van der Waals surface area contributed by atoms with Crippen LogP contribution in [-0.2, 0) is 9.59 Å². The van der Waals surface area contributed by atoms with E-state index in [2.05, 4.69) is 24.1 Å². The van der Waals surface area contributed by atoms with E-state index in [1.54, 1.807) is 15.9 Å². The van der Waals surface area contributed by atoms with Crippen molar-refractivity contribution < 1.29 is 14.4 Å². The molecule has 3 amide bonds. The maximum atomic E-state index is 13.2. The Morgan fingerprint density at radius 2 is 1.90 bits per heavy atom. The number of para-hydroxylation sites is 1. The topological polar surface area (TPSA) is 73.0 Å². The monoisotopic (exact) mass is 426 g/mol. The molecule has 168 valence electrons. The Kier molecular flexibility index (Phi) is 6.06. The standard InChI is InChI=1S/C24H34N4O3/c1-17(2)26-15-11-18(12-16-26)25-21(29)9-6-14-27-23(31)19-7-4-5-8-20(19)28-22(30)10-13-24(27,28)3/h4-5,7-8,17-18H,6,9-16H2,1-3H3,(H,25,29). The molecule has 3 heterocycles. The zero-order valence-electron chi connectivity index (χ0n) is 18.9. The fourth-order valence-electron chi connectivity index (χ4n) is 5.30. The summed E-state index contributed by atoms with van der Waals surface area (Å²) in [6.07, 6.45) is 4.00. The van der Waals surface area contributed by atoms with Crippen LogP contribution in [-0.4, -0.2) is 64.9 Å². The Bertz CT molecular complexity index is 862. The molecule has 2 fully saturated rings. The van der Waals surface area contributed by atoms with Crippen LogP contribution in [0.1, 0.15) is 69.7 Å². The number of carbonyl (C=O) groups excluding carboxylic acids is 3.